The Morgan fingerprint density at radius 1 is 1.64 bits per heavy atom. The van der Waals surface area contributed by atoms with Crippen LogP contribution in [0, 0.1) is 19.3 Å². The summed E-state index contributed by atoms with van der Waals surface area (Å²) in [5.41, 5.74) is -0.263. The van der Waals surface area contributed by atoms with Crippen LogP contribution in [0.5, 0.6) is 0 Å². The lowest BCUT2D eigenvalue weighted by molar-refractivity contribution is 0.463. The third-order valence-corrected chi connectivity index (χ3v) is 1.78. The maximum absolute atomic E-state index is 5.37. The molecule has 0 aliphatic carbocycles. The molecule has 1 heterocycles. The van der Waals surface area contributed by atoms with Crippen molar-refractivity contribution in [1.82, 2.24) is 9.55 Å². The molecule has 0 amide bonds. The van der Waals surface area contributed by atoms with Crippen LogP contribution in [0.2, 0.25) is 0 Å². The second kappa shape index (κ2) is 2.43. The lowest BCUT2D eigenvalue weighted by Gasteiger charge is -2.20. The van der Waals surface area contributed by atoms with Crippen LogP contribution in [0.4, 0.5) is 0 Å². The average Bonchev–Trinajstić information content (AvgIpc) is 2.36. The monoisotopic (exact) mass is 148 g/mol. The fraction of sp³-hybridized carbons (Fsp3) is 0.444. The number of nitrogens with zero attached hydrogens (tertiary/aromatic N) is 2. The summed E-state index contributed by atoms with van der Waals surface area (Å²) in [6, 6.07) is 0. The first-order chi connectivity index (χ1) is 5.08. The Morgan fingerprint density at radius 3 is 2.64 bits per heavy atom. The molecule has 2 nitrogen and oxygen atoms in total. The molecule has 1 aromatic heterocycles. The molecule has 0 atom stereocenters. The second-order valence-electron chi connectivity index (χ2n) is 3.05. The van der Waals surface area contributed by atoms with Gasteiger partial charge in [-0.25, -0.2) is 4.98 Å². The quantitative estimate of drug-likeness (QED) is 0.553. The van der Waals surface area contributed by atoms with E-state index in [1.165, 1.54) is 0 Å². The number of aryl methyl sites for hydroxylation is 1. The summed E-state index contributed by atoms with van der Waals surface area (Å²) in [6.45, 7) is 5.92. The number of aromatic nitrogens is 2. The van der Waals surface area contributed by atoms with Gasteiger partial charge in [0.15, 0.2) is 0 Å². The Hall–Kier alpha value is -1.23. The number of hydrogen-bond acceptors (Lipinski definition) is 1. The van der Waals surface area contributed by atoms with E-state index in [0.717, 1.165) is 5.82 Å². The van der Waals surface area contributed by atoms with Crippen molar-refractivity contribution in [3.63, 3.8) is 0 Å². The summed E-state index contributed by atoms with van der Waals surface area (Å²) in [7, 11) is 0. The van der Waals surface area contributed by atoms with E-state index in [4.69, 9.17) is 6.42 Å². The van der Waals surface area contributed by atoms with Crippen LogP contribution in [0.1, 0.15) is 19.7 Å². The van der Waals surface area contributed by atoms with Crippen molar-refractivity contribution in [3.8, 4) is 12.3 Å². The van der Waals surface area contributed by atoms with Crippen molar-refractivity contribution in [3.05, 3.63) is 18.2 Å². The number of imidazole rings is 1. The normalized spacial score (nSPS) is 11.1. The van der Waals surface area contributed by atoms with Crippen LogP contribution in [-0.4, -0.2) is 9.55 Å². The molecule has 58 valence electrons. The number of rotatable bonds is 1. The average molecular weight is 148 g/mol. The molecule has 0 radical (unpaired) electrons. The van der Waals surface area contributed by atoms with Crippen molar-refractivity contribution in [2.75, 3.05) is 0 Å². The van der Waals surface area contributed by atoms with Gasteiger partial charge in [-0.15, -0.1) is 6.42 Å². The van der Waals surface area contributed by atoms with E-state index >= 15 is 0 Å². The predicted octanol–water partition coefficient (Wildman–Crippen LogP) is 1.56. The highest BCUT2D eigenvalue weighted by atomic mass is 15.1. The maximum Gasteiger partial charge on any atom is 0.106 e. The molecule has 1 rings (SSSR count). The fourth-order valence-corrected chi connectivity index (χ4v) is 1.04. The van der Waals surface area contributed by atoms with Crippen molar-refractivity contribution >= 4 is 0 Å². The van der Waals surface area contributed by atoms with Crippen molar-refractivity contribution in [2.24, 2.45) is 0 Å². The van der Waals surface area contributed by atoms with Crippen LogP contribution < -0.4 is 0 Å². The van der Waals surface area contributed by atoms with Gasteiger partial charge >= 0.3 is 0 Å². The van der Waals surface area contributed by atoms with Gasteiger partial charge in [-0.2, -0.15) is 0 Å². The summed E-state index contributed by atoms with van der Waals surface area (Å²) < 4.78 is 1.98. The maximum atomic E-state index is 5.37. The molecule has 11 heavy (non-hydrogen) atoms. The number of hydrogen-bond donors (Lipinski definition) is 0. The summed E-state index contributed by atoms with van der Waals surface area (Å²) in [6.07, 6.45) is 9.02. The Balaban J connectivity index is 3.13. The molecule has 1 aromatic rings. The minimum atomic E-state index is -0.263. The summed E-state index contributed by atoms with van der Waals surface area (Å²) >= 11 is 0. The zero-order valence-electron chi connectivity index (χ0n) is 7.13. The Kier molecular flexibility index (Phi) is 1.74. The predicted molar refractivity (Wildman–Crippen MR) is 45.1 cm³/mol. The molecular weight excluding hydrogens is 136 g/mol. The SMILES string of the molecule is C#CC(C)(C)n1ccnc1C. The van der Waals surface area contributed by atoms with Gasteiger partial charge in [0.25, 0.3) is 0 Å². The van der Waals surface area contributed by atoms with Gasteiger partial charge in [0.2, 0.25) is 0 Å². The standard InChI is InChI=1S/C9H12N2/c1-5-9(3,4)11-7-6-10-8(11)2/h1,6-7H,2-4H3. The Bertz CT molecular complexity index is 289. The molecule has 0 aliphatic heterocycles. The third-order valence-electron chi connectivity index (χ3n) is 1.78. The van der Waals surface area contributed by atoms with E-state index < -0.39 is 0 Å². The highest BCUT2D eigenvalue weighted by molar-refractivity contribution is 5.10. The lowest BCUT2D eigenvalue weighted by Crippen LogP contribution is -2.24. The minimum absolute atomic E-state index is 0.263. The van der Waals surface area contributed by atoms with Crippen LogP contribution in [0.3, 0.4) is 0 Å². The molecule has 0 saturated heterocycles. The Morgan fingerprint density at radius 2 is 2.27 bits per heavy atom. The van der Waals surface area contributed by atoms with Crippen LogP contribution in [-0.2, 0) is 5.54 Å². The van der Waals surface area contributed by atoms with Crippen molar-refractivity contribution in [2.45, 2.75) is 26.3 Å². The van der Waals surface area contributed by atoms with Crippen molar-refractivity contribution < 1.29 is 0 Å². The summed E-state index contributed by atoms with van der Waals surface area (Å²) in [4.78, 5) is 4.10. The van der Waals surface area contributed by atoms with E-state index in [-0.39, 0.29) is 5.54 Å². The number of terminal acetylenes is 1. The van der Waals surface area contributed by atoms with Crippen LogP contribution >= 0.6 is 0 Å². The van der Waals surface area contributed by atoms with Gasteiger partial charge in [0, 0.05) is 12.4 Å². The molecule has 0 aliphatic rings. The first-order valence-electron chi connectivity index (χ1n) is 3.56. The van der Waals surface area contributed by atoms with E-state index in [1.54, 1.807) is 6.20 Å². The van der Waals surface area contributed by atoms with Gasteiger partial charge in [0.05, 0.1) is 0 Å². The van der Waals surface area contributed by atoms with Gasteiger partial charge in [-0.05, 0) is 20.8 Å². The molecule has 0 fully saturated rings. The molecular formula is C9H12N2. The molecule has 0 bridgehead atoms. The first-order valence-corrected chi connectivity index (χ1v) is 3.56. The Labute approximate surface area is 67.3 Å². The van der Waals surface area contributed by atoms with E-state index in [9.17, 15) is 0 Å². The van der Waals surface area contributed by atoms with E-state index in [2.05, 4.69) is 10.9 Å². The highest BCUT2D eigenvalue weighted by Gasteiger charge is 2.16. The highest BCUT2D eigenvalue weighted by Crippen LogP contribution is 2.14. The zero-order valence-corrected chi connectivity index (χ0v) is 7.13. The minimum Gasteiger partial charge on any atom is -0.319 e. The van der Waals surface area contributed by atoms with Gasteiger partial charge < -0.3 is 4.57 Å². The van der Waals surface area contributed by atoms with Crippen LogP contribution in [0.15, 0.2) is 12.4 Å². The molecule has 0 N–H and O–H groups in total. The molecule has 0 unspecified atom stereocenters. The second-order valence-corrected chi connectivity index (χ2v) is 3.05. The molecule has 2 heteroatoms. The molecule has 0 saturated carbocycles. The lowest BCUT2D eigenvalue weighted by atomic mass is 10.1. The summed E-state index contributed by atoms with van der Waals surface area (Å²) in [5.74, 6) is 3.66. The third kappa shape index (κ3) is 1.27. The van der Waals surface area contributed by atoms with Crippen molar-refractivity contribution in [1.29, 1.82) is 0 Å². The largest absolute Gasteiger partial charge is 0.319 e. The smallest absolute Gasteiger partial charge is 0.106 e. The van der Waals surface area contributed by atoms with E-state index in [1.807, 2.05) is 31.5 Å². The van der Waals surface area contributed by atoms with E-state index in [0.29, 0.717) is 0 Å². The zero-order chi connectivity index (χ0) is 8.48. The molecule has 0 aromatic carbocycles. The topological polar surface area (TPSA) is 17.8 Å². The fourth-order valence-electron chi connectivity index (χ4n) is 1.04. The molecule has 0 spiro atoms. The summed E-state index contributed by atoms with van der Waals surface area (Å²) in [5, 5.41) is 0. The van der Waals surface area contributed by atoms with Gasteiger partial charge in [0.1, 0.15) is 11.4 Å². The first kappa shape index (κ1) is 7.87. The van der Waals surface area contributed by atoms with Gasteiger partial charge in [-0.1, -0.05) is 5.92 Å². The van der Waals surface area contributed by atoms with Crippen LogP contribution in [0.25, 0.3) is 0 Å². The van der Waals surface area contributed by atoms with Gasteiger partial charge in [-0.3, -0.25) is 0 Å².